The summed E-state index contributed by atoms with van der Waals surface area (Å²) in [5.41, 5.74) is 2.18. The first-order valence-corrected chi connectivity index (χ1v) is 10.7. The Labute approximate surface area is 183 Å². The number of halogens is 1. The van der Waals surface area contributed by atoms with Gasteiger partial charge in [-0.1, -0.05) is 39.4 Å². The first-order valence-electron chi connectivity index (χ1n) is 9.09. The number of carbonyl (C=O) groups is 1. The lowest BCUT2D eigenvalue weighted by atomic mass is 10.2. The molecule has 30 heavy (non-hydrogen) atoms. The van der Waals surface area contributed by atoms with Crippen LogP contribution >= 0.6 is 27.3 Å². The molecule has 2 heterocycles. The molecule has 0 fully saturated rings. The highest BCUT2D eigenvalue weighted by atomic mass is 79.9. The van der Waals surface area contributed by atoms with Gasteiger partial charge in [-0.05, 0) is 42.8 Å². The number of para-hydroxylation sites is 2. The zero-order chi connectivity index (χ0) is 21.3. The molecule has 0 N–H and O–H groups in total. The van der Waals surface area contributed by atoms with Crippen LogP contribution in [0.5, 0.6) is 11.5 Å². The van der Waals surface area contributed by atoms with Crippen molar-refractivity contribution in [2.45, 2.75) is 6.92 Å². The molecular weight excluding hydrogens is 472 g/mol. The van der Waals surface area contributed by atoms with Gasteiger partial charge < -0.3 is 14.2 Å². The van der Waals surface area contributed by atoms with Crippen LogP contribution in [0.4, 0.5) is 0 Å². The number of imidazole rings is 1. The molecule has 0 spiro atoms. The van der Waals surface area contributed by atoms with Crippen molar-refractivity contribution in [3.63, 3.8) is 0 Å². The molecule has 0 amide bonds. The Balaban J connectivity index is 1.74. The molecule has 0 atom stereocenters. The Morgan fingerprint density at radius 2 is 2.07 bits per heavy atom. The van der Waals surface area contributed by atoms with E-state index in [4.69, 9.17) is 14.2 Å². The van der Waals surface area contributed by atoms with E-state index in [0.717, 1.165) is 16.6 Å². The van der Waals surface area contributed by atoms with Gasteiger partial charge in [0.1, 0.15) is 0 Å². The summed E-state index contributed by atoms with van der Waals surface area (Å²) in [6.45, 7) is 1.79. The van der Waals surface area contributed by atoms with Crippen molar-refractivity contribution in [2.24, 2.45) is 0 Å². The van der Waals surface area contributed by atoms with E-state index >= 15 is 0 Å². The van der Waals surface area contributed by atoms with Crippen LogP contribution in [0, 0.1) is 0 Å². The number of methoxy groups -OCH3 is 1. The molecule has 0 saturated heterocycles. The third-order valence-corrected chi connectivity index (χ3v) is 6.02. The van der Waals surface area contributed by atoms with Gasteiger partial charge in [-0.3, -0.25) is 4.79 Å². The number of rotatable bonds is 6. The van der Waals surface area contributed by atoms with Gasteiger partial charge in [0.15, 0.2) is 23.1 Å². The molecule has 0 unspecified atom stereocenters. The lowest BCUT2D eigenvalue weighted by molar-refractivity contribution is -0.145. The van der Waals surface area contributed by atoms with Crippen molar-refractivity contribution in [1.29, 1.82) is 0 Å². The van der Waals surface area contributed by atoms with Gasteiger partial charge in [-0.15, -0.1) is 0 Å². The van der Waals surface area contributed by atoms with Crippen molar-refractivity contribution in [3.05, 3.63) is 61.3 Å². The molecule has 9 heteroatoms. The standard InChI is InChI=1S/C21H17BrN2O5S/c1-3-28-19(25)11-29-17-10-13(22)12(8-16(17)27-2)9-18-20(26)24-15-7-5-4-6-14(15)23-21(24)30-18/h4-10H,3,11H2,1-2H3/b18-9-. The Kier molecular flexibility index (Phi) is 5.74. The third-order valence-electron chi connectivity index (χ3n) is 4.37. The predicted molar refractivity (Wildman–Crippen MR) is 118 cm³/mol. The van der Waals surface area contributed by atoms with Gasteiger partial charge in [0.25, 0.3) is 5.56 Å². The summed E-state index contributed by atoms with van der Waals surface area (Å²) in [6, 6.07) is 11.0. The summed E-state index contributed by atoms with van der Waals surface area (Å²) in [5, 5.41) is 0. The van der Waals surface area contributed by atoms with E-state index in [-0.39, 0.29) is 18.8 Å². The normalized spacial score (nSPS) is 11.9. The minimum atomic E-state index is -0.462. The number of aromatic nitrogens is 2. The Morgan fingerprint density at radius 1 is 1.27 bits per heavy atom. The van der Waals surface area contributed by atoms with Crippen molar-refractivity contribution in [3.8, 4) is 11.5 Å². The van der Waals surface area contributed by atoms with Crippen LogP contribution in [0.25, 0.3) is 22.1 Å². The molecule has 4 rings (SSSR count). The number of hydrogen-bond donors (Lipinski definition) is 0. The third kappa shape index (κ3) is 3.78. The SMILES string of the molecule is CCOC(=O)COc1cc(Br)c(/C=c2\sc3nc4ccccc4n3c2=O)cc1OC. The quantitative estimate of drug-likeness (QED) is 0.388. The van der Waals surface area contributed by atoms with Crippen LogP contribution in [-0.2, 0) is 9.53 Å². The molecule has 154 valence electrons. The highest BCUT2D eigenvalue weighted by Gasteiger charge is 2.14. The van der Waals surface area contributed by atoms with E-state index in [0.29, 0.717) is 25.5 Å². The van der Waals surface area contributed by atoms with Crippen LogP contribution in [0.2, 0.25) is 0 Å². The van der Waals surface area contributed by atoms with Crippen molar-refractivity contribution < 1.29 is 19.0 Å². The maximum atomic E-state index is 13.0. The first kappa shape index (κ1) is 20.4. The number of hydrogen-bond acceptors (Lipinski definition) is 7. The second kappa shape index (κ2) is 8.45. The summed E-state index contributed by atoms with van der Waals surface area (Å²) in [5.74, 6) is 0.369. The van der Waals surface area contributed by atoms with Crippen LogP contribution in [0.3, 0.4) is 0 Å². The van der Waals surface area contributed by atoms with Crippen molar-refractivity contribution in [2.75, 3.05) is 20.3 Å². The number of benzene rings is 2. The van der Waals surface area contributed by atoms with Crippen LogP contribution in [0.15, 0.2) is 45.7 Å². The molecule has 4 aromatic rings. The topological polar surface area (TPSA) is 79.1 Å². The lowest BCUT2D eigenvalue weighted by Crippen LogP contribution is -2.22. The maximum absolute atomic E-state index is 13.0. The molecule has 0 bridgehead atoms. The van der Waals surface area contributed by atoms with E-state index in [1.807, 2.05) is 24.3 Å². The van der Waals surface area contributed by atoms with E-state index in [1.54, 1.807) is 29.5 Å². The minimum Gasteiger partial charge on any atom is -0.493 e. The zero-order valence-corrected chi connectivity index (χ0v) is 18.6. The van der Waals surface area contributed by atoms with Crippen molar-refractivity contribution in [1.82, 2.24) is 9.38 Å². The molecule has 2 aromatic heterocycles. The monoisotopic (exact) mass is 488 g/mol. The number of carbonyl (C=O) groups excluding carboxylic acids is 1. The number of ether oxygens (including phenoxy) is 3. The van der Waals surface area contributed by atoms with E-state index in [1.165, 1.54) is 18.4 Å². The summed E-state index contributed by atoms with van der Waals surface area (Å²) in [6.07, 6.45) is 1.78. The summed E-state index contributed by atoms with van der Waals surface area (Å²) in [4.78, 5) is 29.7. The van der Waals surface area contributed by atoms with Crippen molar-refractivity contribution >= 4 is 55.3 Å². The summed E-state index contributed by atoms with van der Waals surface area (Å²) in [7, 11) is 1.51. The van der Waals surface area contributed by atoms with Gasteiger partial charge >= 0.3 is 5.97 Å². The van der Waals surface area contributed by atoms with Gasteiger partial charge in [-0.25, -0.2) is 14.2 Å². The largest absolute Gasteiger partial charge is 0.493 e. The Bertz CT molecular complexity index is 1360. The van der Waals surface area contributed by atoms with Crippen LogP contribution < -0.4 is 19.6 Å². The van der Waals surface area contributed by atoms with Crippen LogP contribution in [-0.4, -0.2) is 35.7 Å². The van der Waals surface area contributed by atoms with Crippen LogP contribution in [0.1, 0.15) is 12.5 Å². The second-order valence-corrected chi connectivity index (χ2v) is 8.12. The fraction of sp³-hybridized carbons (Fsp3) is 0.190. The second-order valence-electron chi connectivity index (χ2n) is 6.25. The number of thiazole rings is 1. The van der Waals surface area contributed by atoms with E-state index in [9.17, 15) is 9.59 Å². The fourth-order valence-corrected chi connectivity index (χ4v) is 4.44. The van der Waals surface area contributed by atoms with Gasteiger partial charge in [0.05, 0.1) is 29.3 Å². The maximum Gasteiger partial charge on any atom is 0.344 e. The van der Waals surface area contributed by atoms with Gasteiger partial charge in [0.2, 0.25) is 0 Å². The minimum absolute atomic E-state index is 0.128. The number of nitrogens with zero attached hydrogens (tertiary/aromatic N) is 2. The molecule has 0 aliphatic carbocycles. The lowest BCUT2D eigenvalue weighted by Gasteiger charge is -2.12. The predicted octanol–water partition coefficient (Wildman–Crippen LogP) is 3.17. The molecular formula is C21H17BrN2O5S. The molecule has 7 nitrogen and oxygen atoms in total. The average Bonchev–Trinajstić information content (AvgIpc) is 3.24. The van der Waals surface area contributed by atoms with E-state index in [2.05, 4.69) is 20.9 Å². The molecule has 0 saturated carbocycles. The zero-order valence-electron chi connectivity index (χ0n) is 16.2. The summed E-state index contributed by atoms with van der Waals surface area (Å²) < 4.78 is 18.6. The number of fused-ring (bicyclic) bond motifs is 3. The fourth-order valence-electron chi connectivity index (χ4n) is 3.03. The van der Waals surface area contributed by atoms with Gasteiger partial charge in [0, 0.05) is 4.47 Å². The average molecular weight is 489 g/mol. The van der Waals surface area contributed by atoms with Gasteiger partial charge in [-0.2, -0.15) is 0 Å². The first-order chi connectivity index (χ1) is 14.5. The molecule has 0 aliphatic rings. The highest BCUT2D eigenvalue weighted by Crippen LogP contribution is 2.34. The smallest absolute Gasteiger partial charge is 0.344 e. The number of esters is 1. The summed E-state index contributed by atoms with van der Waals surface area (Å²) >= 11 is 4.82. The Morgan fingerprint density at radius 3 is 2.83 bits per heavy atom. The Hall–Kier alpha value is -2.91. The van der Waals surface area contributed by atoms with E-state index < -0.39 is 5.97 Å². The highest BCUT2D eigenvalue weighted by molar-refractivity contribution is 9.10. The molecule has 2 aromatic carbocycles. The molecule has 0 aliphatic heterocycles. The molecule has 0 radical (unpaired) electrons.